The van der Waals surface area contributed by atoms with E-state index >= 15 is 0 Å². The Kier molecular flexibility index (Phi) is 7.17. The molecule has 24 heavy (non-hydrogen) atoms. The van der Waals surface area contributed by atoms with Crippen LogP contribution in [0.2, 0.25) is 0 Å². The average molecular weight is 338 g/mol. The van der Waals surface area contributed by atoms with Gasteiger partial charge in [-0.25, -0.2) is 0 Å². The molecule has 2 aliphatic heterocycles. The van der Waals surface area contributed by atoms with Crippen LogP contribution in [0.4, 0.5) is 0 Å². The maximum absolute atomic E-state index is 11.8. The Balaban J connectivity index is 1.56. The number of carbonyl (C=O) groups excluding carboxylic acids is 3. The summed E-state index contributed by atoms with van der Waals surface area (Å²) in [5.41, 5.74) is 0. The summed E-state index contributed by atoms with van der Waals surface area (Å²) < 4.78 is 0. The summed E-state index contributed by atoms with van der Waals surface area (Å²) in [6.45, 7) is 5.28. The molecule has 2 rings (SSSR count). The van der Waals surface area contributed by atoms with E-state index in [0.717, 1.165) is 39.0 Å². The second-order valence-electron chi connectivity index (χ2n) is 7.33. The summed E-state index contributed by atoms with van der Waals surface area (Å²) in [5, 5.41) is 5.61. The molecule has 0 saturated carbocycles. The molecule has 0 aromatic carbocycles. The van der Waals surface area contributed by atoms with E-state index in [-0.39, 0.29) is 30.4 Å². The van der Waals surface area contributed by atoms with Gasteiger partial charge in [-0.3, -0.25) is 14.4 Å². The highest BCUT2D eigenvalue weighted by Crippen LogP contribution is 2.13. The van der Waals surface area contributed by atoms with Crippen LogP contribution in [0.1, 0.15) is 25.7 Å². The third-order valence-electron chi connectivity index (χ3n) is 4.87. The number of carbonyl (C=O) groups is 3. The lowest BCUT2D eigenvalue weighted by atomic mass is 10.1. The van der Waals surface area contributed by atoms with Crippen LogP contribution in [0.15, 0.2) is 0 Å². The van der Waals surface area contributed by atoms with Crippen LogP contribution in [-0.2, 0) is 14.4 Å². The SMILES string of the molecule is CN1CCC(CNC(=O)CC(=O)CC(=O)NCC2CCN(C)C2)C1. The average Bonchev–Trinajstić information content (AvgIpc) is 3.11. The van der Waals surface area contributed by atoms with Gasteiger partial charge in [-0.05, 0) is 51.9 Å². The van der Waals surface area contributed by atoms with E-state index in [9.17, 15) is 14.4 Å². The summed E-state index contributed by atoms with van der Waals surface area (Å²) in [6.07, 6.45) is 1.73. The van der Waals surface area contributed by atoms with Crippen LogP contribution >= 0.6 is 0 Å². The van der Waals surface area contributed by atoms with Crippen molar-refractivity contribution in [2.45, 2.75) is 25.7 Å². The maximum Gasteiger partial charge on any atom is 0.227 e. The summed E-state index contributed by atoms with van der Waals surface area (Å²) in [6, 6.07) is 0. The van der Waals surface area contributed by atoms with Crippen molar-refractivity contribution in [3.05, 3.63) is 0 Å². The smallest absolute Gasteiger partial charge is 0.227 e. The van der Waals surface area contributed by atoms with Gasteiger partial charge < -0.3 is 20.4 Å². The lowest BCUT2D eigenvalue weighted by Crippen LogP contribution is -2.34. The predicted molar refractivity (Wildman–Crippen MR) is 91.5 cm³/mol. The molecule has 2 saturated heterocycles. The Morgan fingerprint density at radius 2 is 1.25 bits per heavy atom. The molecule has 0 bridgehead atoms. The Labute approximate surface area is 144 Å². The van der Waals surface area contributed by atoms with Gasteiger partial charge in [0.15, 0.2) is 5.78 Å². The number of nitrogens with one attached hydrogen (secondary N) is 2. The topological polar surface area (TPSA) is 81.8 Å². The van der Waals surface area contributed by atoms with Crippen LogP contribution in [0, 0.1) is 11.8 Å². The number of Topliss-reactive ketones (excluding diaryl/α,β-unsaturated/α-hetero) is 1. The molecule has 136 valence electrons. The molecule has 2 heterocycles. The zero-order chi connectivity index (χ0) is 17.5. The number of likely N-dealkylation sites (tertiary alicyclic amines) is 2. The van der Waals surface area contributed by atoms with Crippen molar-refractivity contribution in [1.29, 1.82) is 0 Å². The number of rotatable bonds is 8. The summed E-state index contributed by atoms with van der Waals surface area (Å²) >= 11 is 0. The largest absolute Gasteiger partial charge is 0.355 e. The molecule has 2 amide bonds. The van der Waals surface area contributed by atoms with E-state index in [4.69, 9.17) is 0 Å². The van der Waals surface area contributed by atoms with E-state index < -0.39 is 0 Å². The van der Waals surface area contributed by atoms with Crippen LogP contribution in [0.3, 0.4) is 0 Å². The lowest BCUT2D eigenvalue weighted by Gasteiger charge is -2.12. The Bertz CT molecular complexity index is 429. The first-order valence-electron chi connectivity index (χ1n) is 8.84. The van der Waals surface area contributed by atoms with Crippen molar-refractivity contribution in [3.8, 4) is 0 Å². The molecule has 0 aliphatic carbocycles. The van der Waals surface area contributed by atoms with E-state index in [0.29, 0.717) is 24.9 Å². The molecule has 7 nitrogen and oxygen atoms in total. The lowest BCUT2D eigenvalue weighted by molar-refractivity contribution is -0.131. The molecule has 0 aromatic heterocycles. The number of hydrogen-bond donors (Lipinski definition) is 2. The third kappa shape index (κ3) is 6.57. The molecule has 0 spiro atoms. The molecule has 2 fully saturated rings. The minimum atomic E-state index is -0.322. The van der Waals surface area contributed by atoms with Crippen molar-refractivity contribution in [1.82, 2.24) is 20.4 Å². The van der Waals surface area contributed by atoms with E-state index in [1.807, 2.05) is 0 Å². The van der Waals surface area contributed by atoms with Crippen molar-refractivity contribution in [2.75, 3.05) is 53.4 Å². The van der Waals surface area contributed by atoms with Gasteiger partial charge in [-0.2, -0.15) is 0 Å². The number of hydrogen-bond acceptors (Lipinski definition) is 5. The molecule has 2 N–H and O–H groups in total. The molecule has 0 aromatic rings. The highest BCUT2D eigenvalue weighted by molar-refractivity contribution is 6.06. The van der Waals surface area contributed by atoms with Crippen LogP contribution in [-0.4, -0.2) is 80.8 Å². The summed E-state index contributed by atoms with van der Waals surface area (Å²) in [5.74, 6) is 0.0420. The highest BCUT2D eigenvalue weighted by atomic mass is 16.2. The second-order valence-corrected chi connectivity index (χ2v) is 7.33. The molecular weight excluding hydrogens is 308 g/mol. The van der Waals surface area contributed by atoms with Gasteiger partial charge in [0, 0.05) is 26.2 Å². The summed E-state index contributed by atoms with van der Waals surface area (Å²) in [7, 11) is 4.13. The van der Waals surface area contributed by atoms with Gasteiger partial charge in [-0.1, -0.05) is 0 Å². The van der Waals surface area contributed by atoms with Gasteiger partial charge in [0.1, 0.15) is 0 Å². The Morgan fingerprint density at radius 3 is 1.58 bits per heavy atom. The summed E-state index contributed by atoms with van der Waals surface area (Å²) in [4.78, 5) is 39.9. The van der Waals surface area contributed by atoms with Gasteiger partial charge in [0.25, 0.3) is 0 Å². The van der Waals surface area contributed by atoms with Gasteiger partial charge in [-0.15, -0.1) is 0 Å². The molecule has 7 heteroatoms. The van der Waals surface area contributed by atoms with Crippen molar-refractivity contribution in [2.24, 2.45) is 11.8 Å². The second kappa shape index (κ2) is 9.13. The first-order valence-corrected chi connectivity index (χ1v) is 8.84. The number of amides is 2. The van der Waals surface area contributed by atoms with Gasteiger partial charge in [0.05, 0.1) is 12.8 Å². The first-order chi connectivity index (χ1) is 11.4. The minimum absolute atomic E-state index is 0.206. The third-order valence-corrected chi connectivity index (χ3v) is 4.87. The quantitative estimate of drug-likeness (QED) is 0.582. The maximum atomic E-state index is 11.8. The van der Waals surface area contributed by atoms with E-state index in [1.54, 1.807) is 0 Å². The van der Waals surface area contributed by atoms with Crippen molar-refractivity contribution in [3.63, 3.8) is 0 Å². The Hall–Kier alpha value is -1.47. The van der Waals surface area contributed by atoms with Gasteiger partial charge in [0.2, 0.25) is 11.8 Å². The van der Waals surface area contributed by atoms with Crippen molar-refractivity contribution >= 4 is 17.6 Å². The Morgan fingerprint density at radius 1 is 0.833 bits per heavy atom. The van der Waals surface area contributed by atoms with E-state index in [2.05, 4.69) is 34.5 Å². The fourth-order valence-electron chi connectivity index (χ4n) is 3.45. The molecule has 2 unspecified atom stereocenters. The standard InChI is InChI=1S/C17H30N4O3/c1-20-5-3-13(11-20)9-18-16(23)7-15(22)8-17(24)19-10-14-4-6-21(2)12-14/h13-14H,3-12H2,1-2H3,(H,18,23)(H,19,24). The normalized spacial score (nSPS) is 24.9. The first kappa shape index (κ1) is 18.9. The molecular formula is C17H30N4O3. The van der Waals surface area contributed by atoms with Crippen LogP contribution in [0.5, 0.6) is 0 Å². The molecule has 2 aliphatic rings. The van der Waals surface area contributed by atoms with E-state index in [1.165, 1.54) is 0 Å². The number of nitrogens with zero attached hydrogens (tertiary/aromatic N) is 2. The fraction of sp³-hybridized carbons (Fsp3) is 0.824. The zero-order valence-electron chi connectivity index (χ0n) is 14.8. The zero-order valence-corrected chi connectivity index (χ0v) is 14.8. The fourth-order valence-corrected chi connectivity index (χ4v) is 3.45. The molecule has 2 atom stereocenters. The predicted octanol–water partition coefficient (Wildman–Crippen LogP) is -0.528. The van der Waals surface area contributed by atoms with Crippen LogP contribution in [0.25, 0.3) is 0 Å². The highest BCUT2D eigenvalue weighted by Gasteiger charge is 2.22. The van der Waals surface area contributed by atoms with Crippen molar-refractivity contribution < 1.29 is 14.4 Å². The molecule has 0 radical (unpaired) electrons. The van der Waals surface area contributed by atoms with Crippen LogP contribution < -0.4 is 10.6 Å². The number of ketones is 1. The van der Waals surface area contributed by atoms with Gasteiger partial charge >= 0.3 is 0 Å². The minimum Gasteiger partial charge on any atom is -0.355 e. The monoisotopic (exact) mass is 338 g/mol.